The lowest BCUT2D eigenvalue weighted by Crippen LogP contribution is -1.95. The summed E-state index contributed by atoms with van der Waals surface area (Å²) in [5, 5.41) is 8.63. The third kappa shape index (κ3) is 6.14. The van der Waals surface area contributed by atoms with Crippen LogP contribution in [0.1, 0.15) is 5.56 Å². The molecule has 0 aliphatic rings. The van der Waals surface area contributed by atoms with Gasteiger partial charge in [-0.3, -0.25) is 0 Å². The van der Waals surface area contributed by atoms with Crippen LogP contribution >= 0.6 is 0 Å². The Labute approximate surface area is 136 Å². The Hall–Kier alpha value is -2.94. The average Bonchev–Trinajstić information content (AvgIpc) is 2.62. The van der Waals surface area contributed by atoms with E-state index in [-0.39, 0.29) is 0 Å². The van der Waals surface area contributed by atoms with Crippen LogP contribution in [0.2, 0.25) is 0 Å². The van der Waals surface area contributed by atoms with Gasteiger partial charge in [-0.1, -0.05) is 48.5 Å². The number of benzene rings is 3. The quantitative estimate of drug-likeness (QED) is 0.761. The summed E-state index contributed by atoms with van der Waals surface area (Å²) in [5.74, 6) is 2.07. The molecule has 0 bridgehead atoms. The second-order valence-corrected chi connectivity index (χ2v) is 4.79. The normalized spacial score (nSPS) is 9.43. The Morgan fingerprint density at radius 3 is 1.74 bits per heavy atom. The Kier molecular flexibility index (Phi) is 6.54. The Balaban J connectivity index is 0.000000229. The predicted octanol–water partition coefficient (Wildman–Crippen LogP) is 4.67. The zero-order chi connectivity index (χ0) is 16.3. The van der Waals surface area contributed by atoms with Gasteiger partial charge in [0.05, 0.1) is 7.11 Å². The molecule has 3 aromatic rings. The van der Waals surface area contributed by atoms with Crippen molar-refractivity contribution in [1.29, 1.82) is 0 Å². The summed E-state index contributed by atoms with van der Waals surface area (Å²) in [7, 11) is 1.66. The highest BCUT2D eigenvalue weighted by Crippen LogP contribution is 2.14. The second-order valence-electron chi connectivity index (χ2n) is 4.79. The van der Waals surface area contributed by atoms with Crippen LogP contribution in [0.3, 0.4) is 0 Å². The van der Waals surface area contributed by atoms with Crippen molar-refractivity contribution in [1.82, 2.24) is 0 Å². The summed E-state index contributed by atoms with van der Waals surface area (Å²) in [6.07, 6.45) is 0. The highest BCUT2D eigenvalue weighted by molar-refractivity contribution is 5.27. The van der Waals surface area contributed by atoms with Crippen LogP contribution < -0.4 is 9.47 Å². The van der Waals surface area contributed by atoms with Gasteiger partial charge >= 0.3 is 0 Å². The number of methoxy groups -OCH3 is 1. The highest BCUT2D eigenvalue weighted by atomic mass is 16.5. The van der Waals surface area contributed by atoms with E-state index in [9.17, 15) is 0 Å². The first-order valence-electron chi connectivity index (χ1n) is 7.33. The van der Waals surface area contributed by atoms with Gasteiger partial charge in [0.1, 0.15) is 23.9 Å². The van der Waals surface area contributed by atoms with Gasteiger partial charge in [0.25, 0.3) is 0 Å². The van der Waals surface area contributed by atoms with Gasteiger partial charge in [-0.25, -0.2) is 0 Å². The molecule has 0 spiro atoms. The molecule has 0 heterocycles. The number of hydrogen-bond acceptors (Lipinski definition) is 3. The second kappa shape index (κ2) is 9.15. The largest absolute Gasteiger partial charge is 0.508 e. The fourth-order valence-corrected chi connectivity index (χ4v) is 1.83. The molecule has 0 unspecified atom stereocenters. The molecule has 0 fully saturated rings. The summed E-state index contributed by atoms with van der Waals surface area (Å²) < 4.78 is 10.7. The maximum absolute atomic E-state index is 8.63. The van der Waals surface area contributed by atoms with Crippen LogP contribution in [0, 0.1) is 0 Å². The molecule has 3 nitrogen and oxygen atoms in total. The van der Waals surface area contributed by atoms with Gasteiger partial charge in [0, 0.05) is 0 Å². The van der Waals surface area contributed by atoms with E-state index < -0.39 is 0 Å². The Morgan fingerprint density at radius 1 is 0.696 bits per heavy atom. The van der Waals surface area contributed by atoms with Crippen LogP contribution in [0.5, 0.6) is 17.2 Å². The molecule has 0 aliphatic heterocycles. The van der Waals surface area contributed by atoms with E-state index >= 15 is 0 Å². The maximum atomic E-state index is 8.63. The summed E-state index contributed by atoms with van der Waals surface area (Å²) in [6.45, 7) is 0.577. The van der Waals surface area contributed by atoms with Gasteiger partial charge in [0.2, 0.25) is 0 Å². The molecule has 3 heteroatoms. The smallest absolute Gasteiger partial charge is 0.119 e. The lowest BCUT2D eigenvalue weighted by molar-refractivity contribution is 0.306. The average molecular weight is 308 g/mol. The molecule has 118 valence electrons. The number of rotatable bonds is 4. The van der Waals surface area contributed by atoms with Crippen LogP contribution in [-0.4, -0.2) is 12.2 Å². The first-order valence-corrected chi connectivity index (χ1v) is 7.33. The minimum atomic E-state index is 0.322. The molecule has 23 heavy (non-hydrogen) atoms. The van der Waals surface area contributed by atoms with Crippen LogP contribution in [-0.2, 0) is 6.61 Å². The zero-order valence-electron chi connectivity index (χ0n) is 13.1. The van der Waals surface area contributed by atoms with E-state index in [4.69, 9.17) is 14.6 Å². The van der Waals surface area contributed by atoms with Gasteiger partial charge in [-0.2, -0.15) is 0 Å². The lowest BCUT2D eigenvalue weighted by Gasteiger charge is -2.06. The zero-order valence-corrected chi connectivity index (χ0v) is 13.1. The Bertz CT molecular complexity index is 664. The minimum absolute atomic E-state index is 0.322. The molecule has 0 aromatic heterocycles. The van der Waals surface area contributed by atoms with Crippen molar-refractivity contribution in [2.24, 2.45) is 0 Å². The molecular weight excluding hydrogens is 288 g/mol. The summed E-state index contributed by atoms with van der Waals surface area (Å²) in [6, 6.07) is 26.4. The number of aromatic hydroxyl groups is 1. The van der Waals surface area contributed by atoms with Crippen molar-refractivity contribution in [2.75, 3.05) is 7.11 Å². The van der Waals surface area contributed by atoms with Crippen molar-refractivity contribution in [3.8, 4) is 17.2 Å². The van der Waals surface area contributed by atoms with E-state index in [2.05, 4.69) is 0 Å². The fraction of sp³-hybridized carbons (Fsp3) is 0.100. The lowest BCUT2D eigenvalue weighted by atomic mass is 10.2. The predicted molar refractivity (Wildman–Crippen MR) is 91.9 cm³/mol. The van der Waals surface area contributed by atoms with Crippen molar-refractivity contribution >= 4 is 0 Å². The van der Waals surface area contributed by atoms with E-state index in [1.165, 1.54) is 0 Å². The standard InChI is InChI=1S/C14H14O2.C6H6O/c1-15-13-9-7-12(8-10-13)11-16-14-5-3-2-4-6-14;7-6-4-2-1-3-5-6/h2-10H,11H2,1H3;1-5,7H. The molecule has 0 saturated carbocycles. The maximum Gasteiger partial charge on any atom is 0.119 e. The van der Waals surface area contributed by atoms with Crippen molar-refractivity contribution in [3.05, 3.63) is 90.5 Å². The van der Waals surface area contributed by atoms with Crippen LogP contribution in [0.4, 0.5) is 0 Å². The van der Waals surface area contributed by atoms with Gasteiger partial charge in [0.15, 0.2) is 0 Å². The van der Waals surface area contributed by atoms with Crippen molar-refractivity contribution < 1.29 is 14.6 Å². The molecule has 0 radical (unpaired) electrons. The number of ether oxygens (including phenoxy) is 2. The highest BCUT2D eigenvalue weighted by Gasteiger charge is 1.96. The molecule has 3 aromatic carbocycles. The molecule has 0 aliphatic carbocycles. The molecule has 0 atom stereocenters. The van der Waals surface area contributed by atoms with E-state index in [0.29, 0.717) is 12.4 Å². The topological polar surface area (TPSA) is 38.7 Å². The fourth-order valence-electron chi connectivity index (χ4n) is 1.83. The number of hydrogen-bond donors (Lipinski definition) is 1. The molecule has 0 amide bonds. The number of phenolic OH excluding ortho intramolecular Hbond substituents is 1. The van der Waals surface area contributed by atoms with Crippen LogP contribution in [0.15, 0.2) is 84.9 Å². The number of phenols is 1. The summed E-state index contributed by atoms with van der Waals surface area (Å²) in [4.78, 5) is 0. The number of para-hydroxylation sites is 2. The molecule has 0 saturated heterocycles. The molecule has 1 N–H and O–H groups in total. The monoisotopic (exact) mass is 308 g/mol. The molecular formula is C20H20O3. The summed E-state index contributed by atoms with van der Waals surface area (Å²) in [5.41, 5.74) is 1.13. The summed E-state index contributed by atoms with van der Waals surface area (Å²) >= 11 is 0. The third-order valence-corrected chi connectivity index (χ3v) is 3.06. The van der Waals surface area contributed by atoms with Gasteiger partial charge < -0.3 is 14.6 Å². The van der Waals surface area contributed by atoms with E-state index in [1.54, 1.807) is 31.4 Å². The first kappa shape index (κ1) is 16.4. The van der Waals surface area contributed by atoms with Gasteiger partial charge in [-0.15, -0.1) is 0 Å². The Morgan fingerprint density at radius 2 is 1.26 bits per heavy atom. The molecule has 3 rings (SSSR count). The SMILES string of the molecule is COc1ccc(COc2ccccc2)cc1.Oc1ccccc1. The minimum Gasteiger partial charge on any atom is -0.508 e. The van der Waals surface area contributed by atoms with Crippen molar-refractivity contribution in [3.63, 3.8) is 0 Å². The first-order chi connectivity index (χ1) is 11.3. The van der Waals surface area contributed by atoms with E-state index in [0.717, 1.165) is 17.1 Å². The van der Waals surface area contributed by atoms with E-state index in [1.807, 2.05) is 60.7 Å². The third-order valence-electron chi connectivity index (χ3n) is 3.06. The van der Waals surface area contributed by atoms with Gasteiger partial charge in [-0.05, 0) is 42.0 Å². The van der Waals surface area contributed by atoms with Crippen LogP contribution in [0.25, 0.3) is 0 Å². The van der Waals surface area contributed by atoms with Crippen molar-refractivity contribution in [2.45, 2.75) is 6.61 Å².